The average molecular weight is 286 g/mol. The SMILES string of the molecule is CC1(C(=O)NCCCc2ccccc2)CC1(Cl)Cl. The summed E-state index contributed by atoms with van der Waals surface area (Å²) in [4.78, 5) is 11.9. The van der Waals surface area contributed by atoms with Crippen LogP contribution in [0.2, 0.25) is 0 Å². The number of amides is 1. The maximum atomic E-state index is 11.9. The van der Waals surface area contributed by atoms with E-state index in [1.807, 2.05) is 18.2 Å². The highest BCUT2D eigenvalue weighted by Gasteiger charge is 2.67. The Hall–Kier alpha value is -0.730. The van der Waals surface area contributed by atoms with Gasteiger partial charge >= 0.3 is 0 Å². The summed E-state index contributed by atoms with van der Waals surface area (Å²) in [5.74, 6) is -0.0411. The van der Waals surface area contributed by atoms with Crippen molar-refractivity contribution < 1.29 is 4.79 Å². The van der Waals surface area contributed by atoms with Gasteiger partial charge in [-0.15, -0.1) is 23.2 Å². The number of aryl methyl sites for hydroxylation is 1. The van der Waals surface area contributed by atoms with E-state index in [-0.39, 0.29) is 5.91 Å². The van der Waals surface area contributed by atoms with Gasteiger partial charge in [0.1, 0.15) is 4.33 Å². The third-order valence-electron chi connectivity index (χ3n) is 3.53. The second-order valence-corrected chi connectivity index (χ2v) is 6.54. The maximum Gasteiger partial charge on any atom is 0.229 e. The standard InChI is InChI=1S/C14H17Cl2NO/c1-13(10-14(13,15)16)12(18)17-9-5-8-11-6-3-2-4-7-11/h2-4,6-7H,5,8-10H2,1H3,(H,17,18). The molecule has 1 N–H and O–H groups in total. The average Bonchev–Trinajstić information content (AvgIpc) is 2.87. The molecule has 1 fully saturated rings. The Balaban J connectivity index is 1.69. The minimum atomic E-state index is -0.878. The molecule has 1 aliphatic rings. The summed E-state index contributed by atoms with van der Waals surface area (Å²) in [7, 11) is 0. The van der Waals surface area contributed by atoms with Gasteiger partial charge in [-0.3, -0.25) is 4.79 Å². The number of carbonyl (C=O) groups is 1. The lowest BCUT2D eigenvalue weighted by molar-refractivity contribution is -0.125. The third kappa shape index (κ3) is 2.81. The number of carbonyl (C=O) groups excluding carboxylic acids is 1. The molecular weight excluding hydrogens is 269 g/mol. The summed E-state index contributed by atoms with van der Waals surface area (Å²) < 4.78 is -0.878. The lowest BCUT2D eigenvalue weighted by Crippen LogP contribution is -2.34. The number of nitrogens with one attached hydrogen (secondary N) is 1. The molecule has 18 heavy (non-hydrogen) atoms. The van der Waals surface area contributed by atoms with Gasteiger partial charge in [-0.1, -0.05) is 30.3 Å². The highest BCUT2D eigenvalue weighted by Crippen LogP contribution is 2.63. The summed E-state index contributed by atoms with van der Waals surface area (Å²) in [5.41, 5.74) is 0.677. The van der Waals surface area contributed by atoms with Crippen LogP contribution < -0.4 is 5.32 Å². The number of benzene rings is 1. The fourth-order valence-electron chi connectivity index (χ4n) is 1.98. The van der Waals surface area contributed by atoms with Crippen molar-refractivity contribution in [3.63, 3.8) is 0 Å². The first-order valence-corrected chi connectivity index (χ1v) is 6.91. The van der Waals surface area contributed by atoms with Crippen LogP contribution in [0.25, 0.3) is 0 Å². The third-order valence-corrected chi connectivity index (χ3v) is 4.63. The molecule has 98 valence electrons. The van der Waals surface area contributed by atoms with E-state index >= 15 is 0 Å². The molecule has 0 bridgehead atoms. The Kier molecular flexibility index (Phi) is 3.88. The van der Waals surface area contributed by atoms with Crippen molar-refractivity contribution in [2.45, 2.75) is 30.5 Å². The Morgan fingerprint density at radius 2 is 1.94 bits per heavy atom. The van der Waals surface area contributed by atoms with Gasteiger partial charge < -0.3 is 5.32 Å². The van der Waals surface area contributed by atoms with Crippen LogP contribution >= 0.6 is 23.2 Å². The zero-order valence-electron chi connectivity index (χ0n) is 10.4. The molecule has 0 aromatic heterocycles. The molecule has 0 saturated heterocycles. The molecule has 1 aromatic rings. The van der Waals surface area contributed by atoms with Crippen LogP contribution in [0.5, 0.6) is 0 Å². The summed E-state index contributed by atoms with van der Waals surface area (Å²) in [5, 5.41) is 2.90. The highest BCUT2D eigenvalue weighted by molar-refractivity contribution is 6.53. The van der Waals surface area contributed by atoms with Crippen molar-refractivity contribution in [3.05, 3.63) is 35.9 Å². The predicted octanol–water partition coefficient (Wildman–Crippen LogP) is 3.32. The zero-order valence-corrected chi connectivity index (χ0v) is 11.9. The molecule has 1 atom stereocenters. The van der Waals surface area contributed by atoms with Crippen molar-refractivity contribution in [1.29, 1.82) is 0 Å². The fraction of sp³-hybridized carbons (Fsp3) is 0.500. The number of hydrogen-bond acceptors (Lipinski definition) is 1. The first kappa shape index (κ1) is 13.7. The molecule has 2 nitrogen and oxygen atoms in total. The summed E-state index contributed by atoms with van der Waals surface area (Å²) in [6.07, 6.45) is 2.42. The fourth-order valence-corrected chi connectivity index (χ4v) is 2.69. The van der Waals surface area contributed by atoms with Gasteiger partial charge in [0.15, 0.2) is 0 Å². The molecule has 0 radical (unpaired) electrons. The minimum Gasteiger partial charge on any atom is -0.356 e. The Labute approximate surface area is 118 Å². The number of alkyl halides is 2. The van der Waals surface area contributed by atoms with Crippen LogP contribution in [0.1, 0.15) is 25.3 Å². The summed E-state index contributed by atoms with van der Waals surface area (Å²) >= 11 is 11.9. The monoisotopic (exact) mass is 285 g/mol. The molecule has 1 unspecified atom stereocenters. The molecule has 1 saturated carbocycles. The van der Waals surface area contributed by atoms with E-state index in [0.717, 1.165) is 12.8 Å². The van der Waals surface area contributed by atoms with Gasteiger partial charge in [-0.25, -0.2) is 0 Å². The molecular formula is C14H17Cl2NO. The lowest BCUT2D eigenvalue weighted by atomic mass is 10.1. The van der Waals surface area contributed by atoms with Gasteiger partial charge in [0.05, 0.1) is 5.41 Å². The minimum absolute atomic E-state index is 0.0411. The Bertz CT molecular complexity index is 433. The quantitative estimate of drug-likeness (QED) is 0.653. The van der Waals surface area contributed by atoms with Crippen molar-refractivity contribution in [2.75, 3.05) is 6.54 Å². The van der Waals surface area contributed by atoms with Gasteiger partial charge in [-0.05, 0) is 31.7 Å². The van der Waals surface area contributed by atoms with E-state index in [4.69, 9.17) is 23.2 Å². The number of rotatable bonds is 5. The van der Waals surface area contributed by atoms with E-state index in [2.05, 4.69) is 17.4 Å². The van der Waals surface area contributed by atoms with Gasteiger partial charge in [-0.2, -0.15) is 0 Å². The maximum absolute atomic E-state index is 11.9. The van der Waals surface area contributed by atoms with Crippen molar-refractivity contribution >= 4 is 29.1 Å². The molecule has 0 aliphatic heterocycles. The van der Waals surface area contributed by atoms with E-state index in [9.17, 15) is 4.79 Å². The molecule has 1 amide bonds. The molecule has 2 rings (SSSR count). The van der Waals surface area contributed by atoms with Crippen LogP contribution in [0.3, 0.4) is 0 Å². The molecule has 0 spiro atoms. The number of halogens is 2. The van der Waals surface area contributed by atoms with E-state index < -0.39 is 9.75 Å². The summed E-state index contributed by atoms with van der Waals surface area (Å²) in [6, 6.07) is 10.2. The van der Waals surface area contributed by atoms with Crippen molar-refractivity contribution in [2.24, 2.45) is 5.41 Å². The molecule has 1 aliphatic carbocycles. The van der Waals surface area contributed by atoms with Crippen LogP contribution in [-0.4, -0.2) is 16.8 Å². The van der Waals surface area contributed by atoms with Crippen LogP contribution in [0, 0.1) is 5.41 Å². The van der Waals surface area contributed by atoms with Crippen LogP contribution in [-0.2, 0) is 11.2 Å². The molecule has 1 aromatic carbocycles. The van der Waals surface area contributed by atoms with E-state index in [0.29, 0.717) is 13.0 Å². The molecule has 0 heterocycles. The van der Waals surface area contributed by atoms with Gasteiger partial charge in [0, 0.05) is 6.54 Å². The first-order valence-electron chi connectivity index (χ1n) is 6.16. The smallest absolute Gasteiger partial charge is 0.229 e. The van der Waals surface area contributed by atoms with Gasteiger partial charge in [0.25, 0.3) is 0 Å². The molecule has 4 heteroatoms. The lowest BCUT2D eigenvalue weighted by Gasteiger charge is -2.12. The second-order valence-electron chi connectivity index (χ2n) is 5.06. The topological polar surface area (TPSA) is 29.1 Å². The largest absolute Gasteiger partial charge is 0.356 e. The predicted molar refractivity (Wildman–Crippen MR) is 74.9 cm³/mol. The first-order chi connectivity index (χ1) is 8.46. The summed E-state index contributed by atoms with van der Waals surface area (Å²) in [6.45, 7) is 2.46. The Morgan fingerprint density at radius 1 is 1.33 bits per heavy atom. The highest BCUT2D eigenvalue weighted by atomic mass is 35.5. The Morgan fingerprint density at radius 3 is 2.50 bits per heavy atom. The van der Waals surface area contributed by atoms with Gasteiger partial charge in [0.2, 0.25) is 5.91 Å². The number of hydrogen-bond donors (Lipinski definition) is 1. The van der Waals surface area contributed by atoms with E-state index in [1.54, 1.807) is 6.92 Å². The second kappa shape index (κ2) is 5.10. The van der Waals surface area contributed by atoms with Crippen molar-refractivity contribution in [3.8, 4) is 0 Å². The van der Waals surface area contributed by atoms with Crippen LogP contribution in [0.4, 0.5) is 0 Å². The van der Waals surface area contributed by atoms with Crippen molar-refractivity contribution in [1.82, 2.24) is 5.32 Å². The normalized spacial score (nSPS) is 24.6. The van der Waals surface area contributed by atoms with Crippen LogP contribution in [0.15, 0.2) is 30.3 Å². The van der Waals surface area contributed by atoms with E-state index in [1.165, 1.54) is 5.56 Å². The zero-order chi connectivity index (χ0) is 13.2.